The lowest BCUT2D eigenvalue weighted by Gasteiger charge is -2.35. The van der Waals surface area contributed by atoms with Gasteiger partial charge in [0.15, 0.2) is 0 Å². The molecule has 29 heavy (non-hydrogen) atoms. The van der Waals surface area contributed by atoms with Crippen LogP contribution in [0.2, 0.25) is 0 Å². The molecule has 0 saturated carbocycles. The minimum atomic E-state index is -0.347. The fourth-order valence-electron chi connectivity index (χ4n) is 3.52. The molecule has 4 N–H and O–H groups in total. The molecule has 2 aromatic rings. The van der Waals surface area contributed by atoms with E-state index in [9.17, 15) is 9.59 Å². The number of rotatable bonds is 8. The minimum absolute atomic E-state index is 0.0176. The molecule has 1 fully saturated rings. The van der Waals surface area contributed by atoms with Crippen molar-refractivity contribution in [3.8, 4) is 10.4 Å². The van der Waals surface area contributed by atoms with Gasteiger partial charge in [0.25, 0.3) is 0 Å². The summed E-state index contributed by atoms with van der Waals surface area (Å²) in [5, 5.41) is 14.9. The van der Waals surface area contributed by atoms with Crippen molar-refractivity contribution < 1.29 is 14.8 Å². The summed E-state index contributed by atoms with van der Waals surface area (Å²) in [6, 6.07) is 12.0. The van der Waals surface area contributed by atoms with Gasteiger partial charge in [-0.2, -0.15) is 0 Å². The van der Waals surface area contributed by atoms with Crippen LogP contribution in [-0.4, -0.2) is 36.4 Å². The molecule has 6 nitrogen and oxygen atoms in total. The largest absolute Gasteiger partial charge is 0.326 e. The first kappa shape index (κ1) is 21.8. The van der Waals surface area contributed by atoms with E-state index in [0.29, 0.717) is 13.0 Å². The molecule has 8 heteroatoms. The number of nitrogens with one attached hydrogen (secondary N) is 3. The highest BCUT2D eigenvalue weighted by Gasteiger charge is 2.38. The van der Waals surface area contributed by atoms with Gasteiger partial charge in [-0.25, -0.2) is 5.48 Å². The molecular weight excluding hydrogens is 406 g/mol. The predicted molar refractivity (Wildman–Crippen MR) is 119 cm³/mol. The molecule has 0 bridgehead atoms. The summed E-state index contributed by atoms with van der Waals surface area (Å²) in [6.45, 7) is 0.640. The van der Waals surface area contributed by atoms with Crippen LogP contribution < -0.4 is 16.1 Å². The third kappa shape index (κ3) is 5.60. The number of carbonyl (C=O) groups is 2. The van der Waals surface area contributed by atoms with Crippen molar-refractivity contribution in [1.29, 1.82) is 0 Å². The topological polar surface area (TPSA) is 90.5 Å². The molecule has 2 heterocycles. The third-order valence-corrected chi connectivity index (χ3v) is 8.09. The van der Waals surface area contributed by atoms with E-state index in [1.54, 1.807) is 16.8 Å². The Hall–Kier alpha value is -1.87. The van der Waals surface area contributed by atoms with Gasteiger partial charge in [-0.1, -0.05) is 18.6 Å². The number of benzene rings is 1. The van der Waals surface area contributed by atoms with E-state index in [1.165, 1.54) is 0 Å². The van der Waals surface area contributed by atoms with Gasteiger partial charge in [-0.05, 0) is 55.5 Å². The van der Waals surface area contributed by atoms with E-state index in [2.05, 4.69) is 22.8 Å². The van der Waals surface area contributed by atoms with Crippen molar-refractivity contribution in [1.82, 2.24) is 10.8 Å². The van der Waals surface area contributed by atoms with Gasteiger partial charge in [-0.15, -0.1) is 23.1 Å². The minimum Gasteiger partial charge on any atom is -0.326 e. The molecule has 1 saturated heterocycles. The SMILES string of the molecule is CNCCC(=O)Nc1cccc(-c2ccc([C@@]3(CC(=O)NO)CCCCS3)s2)c1. The Balaban J connectivity index is 1.80. The summed E-state index contributed by atoms with van der Waals surface area (Å²) in [5.74, 6) is 0.650. The number of hydroxylamine groups is 1. The molecule has 1 aromatic carbocycles. The molecule has 1 aromatic heterocycles. The van der Waals surface area contributed by atoms with E-state index in [4.69, 9.17) is 5.21 Å². The van der Waals surface area contributed by atoms with Crippen LogP contribution in [0.15, 0.2) is 36.4 Å². The van der Waals surface area contributed by atoms with Crippen molar-refractivity contribution in [3.05, 3.63) is 41.3 Å². The van der Waals surface area contributed by atoms with Crippen molar-refractivity contribution in [2.75, 3.05) is 24.7 Å². The maximum absolute atomic E-state index is 12.0. The number of thioether (sulfide) groups is 1. The van der Waals surface area contributed by atoms with Crippen LogP contribution in [0.25, 0.3) is 10.4 Å². The Labute approximate surface area is 179 Å². The van der Waals surface area contributed by atoms with Gasteiger partial charge in [0.1, 0.15) is 0 Å². The average molecular weight is 434 g/mol. The molecule has 2 amide bonds. The average Bonchev–Trinajstić information content (AvgIpc) is 3.24. The van der Waals surface area contributed by atoms with Crippen LogP contribution in [0.5, 0.6) is 0 Å². The quantitative estimate of drug-likeness (QED) is 0.374. The Kier molecular flexibility index (Phi) is 7.71. The van der Waals surface area contributed by atoms with Gasteiger partial charge >= 0.3 is 0 Å². The molecule has 0 radical (unpaired) electrons. The van der Waals surface area contributed by atoms with Crippen molar-refractivity contribution in [2.45, 2.75) is 36.9 Å². The zero-order chi connectivity index (χ0) is 20.7. The summed E-state index contributed by atoms with van der Waals surface area (Å²) in [6.07, 6.45) is 3.85. The van der Waals surface area contributed by atoms with Crippen LogP contribution in [0.4, 0.5) is 5.69 Å². The third-order valence-electron chi connectivity index (χ3n) is 5.01. The molecule has 0 aliphatic carbocycles. The second kappa shape index (κ2) is 10.2. The Morgan fingerprint density at radius 2 is 2.03 bits per heavy atom. The van der Waals surface area contributed by atoms with E-state index >= 15 is 0 Å². The van der Waals surface area contributed by atoms with Crippen molar-refractivity contribution >= 4 is 40.6 Å². The number of hydrogen-bond donors (Lipinski definition) is 4. The summed E-state index contributed by atoms with van der Waals surface area (Å²) >= 11 is 3.49. The van der Waals surface area contributed by atoms with E-state index in [0.717, 1.165) is 46.0 Å². The second-order valence-electron chi connectivity index (χ2n) is 7.16. The highest BCUT2D eigenvalue weighted by molar-refractivity contribution is 8.00. The second-order valence-corrected chi connectivity index (χ2v) is 9.72. The summed E-state index contributed by atoms with van der Waals surface area (Å²) in [7, 11) is 1.82. The molecule has 3 rings (SSSR count). The lowest BCUT2D eigenvalue weighted by Crippen LogP contribution is -2.32. The first-order chi connectivity index (χ1) is 14.1. The molecule has 1 aliphatic heterocycles. The number of anilines is 1. The summed E-state index contributed by atoms with van der Waals surface area (Å²) < 4.78 is -0.285. The van der Waals surface area contributed by atoms with Crippen LogP contribution in [0.3, 0.4) is 0 Å². The van der Waals surface area contributed by atoms with Gasteiger partial charge in [0, 0.05) is 34.8 Å². The Morgan fingerprint density at radius 1 is 1.17 bits per heavy atom. The van der Waals surface area contributed by atoms with Gasteiger partial charge in [0.05, 0.1) is 4.75 Å². The van der Waals surface area contributed by atoms with Crippen LogP contribution in [0.1, 0.15) is 37.0 Å². The lowest BCUT2D eigenvalue weighted by atomic mass is 9.94. The van der Waals surface area contributed by atoms with Crippen LogP contribution in [0, 0.1) is 0 Å². The summed E-state index contributed by atoms with van der Waals surface area (Å²) in [5.41, 5.74) is 3.61. The molecule has 0 unspecified atom stereocenters. The smallest absolute Gasteiger partial charge is 0.245 e. The van der Waals surface area contributed by atoms with Gasteiger partial charge < -0.3 is 10.6 Å². The normalized spacial score (nSPS) is 19.0. The molecule has 0 spiro atoms. The van der Waals surface area contributed by atoms with Crippen LogP contribution >= 0.6 is 23.1 Å². The van der Waals surface area contributed by atoms with Crippen molar-refractivity contribution in [3.63, 3.8) is 0 Å². The number of amides is 2. The van der Waals surface area contributed by atoms with Crippen molar-refractivity contribution in [2.24, 2.45) is 0 Å². The molecule has 1 aliphatic rings. The monoisotopic (exact) mass is 433 g/mol. The molecule has 1 atom stereocenters. The fraction of sp³-hybridized carbons (Fsp3) is 0.429. The van der Waals surface area contributed by atoms with Gasteiger partial charge in [-0.3, -0.25) is 14.8 Å². The first-order valence-corrected chi connectivity index (χ1v) is 11.6. The Morgan fingerprint density at radius 3 is 2.76 bits per heavy atom. The Bertz CT molecular complexity index is 847. The fourth-order valence-corrected chi connectivity index (χ4v) is 6.41. The van der Waals surface area contributed by atoms with Gasteiger partial charge in [0.2, 0.25) is 11.8 Å². The zero-order valence-corrected chi connectivity index (χ0v) is 18.1. The number of hydrogen-bond acceptors (Lipinski definition) is 6. The zero-order valence-electron chi connectivity index (χ0n) is 16.5. The standard InChI is InChI=1S/C21H27N3O3S2/c1-22-11-9-19(25)23-16-6-4-5-15(13-16)17-7-8-18(29-17)21(14-20(26)24-27)10-2-3-12-28-21/h4-8,13,22,27H,2-3,9-12,14H2,1H3,(H,23,25)(H,24,26)/t21-/m0/s1. The van der Waals surface area contributed by atoms with Crippen LogP contribution in [-0.2, 0) is 14.3 Å². The molecule has 156 valence electrons. The maximum atomic E-state index is 12.0. The highest BCUT2D eigenvalue weighted by atomic mass is 32.2. The van der Waals surface area contributed by atoms with E-state index in [1.807, 2.05) is 43.1 Å². The molecular formula is C21H27N3O3S2. The number of thiophene rings is 1. The predicted octanol–water partition coefficient (Wildman–Crippen LogP) is 3.97. The van der Waals surface area contributed by atoms with E-state index in [-0.39, 0.29) is 23.0 Å². The highest BCUT2D eigenvalue weighted by Crippen LogP contribution is 2.50. The summed E-state index contributed by atoms with van der Waals surface area (Å²) in [4.78, 5) is 26.2. The lowest BCUT2D eigenvalue weighted by molar-refractivity contribution is -0.129. The van der Waals surface area contributed by atoms with E-state index < -0.39 is 0 Å². The maximum Gasteiger partial charge on any atom is 0.245 e. The first-order valence-electron chi connectivity index (χ1n) is 9.78. The number of carbonyl (C=O) groups excluding carboxylic acids is 2.